The van der Waals surface area contributed by atoms with Crippen LogP contribution in [0.3, 0.4) is 0 Å². The maximum Gasteiger partial charge on any atom is 0.348 e. The van der Waals surface area contributed by atoms with E-state index >= 15 is 0 Å². The second-order valence-corrected chi connectivity index (χ2v) is 7.48. The van der Waals surface area contributed by atoms with Gasteiger partial charge in [0.2, 0.25) is 10.0 Å². The van der Waals surface area contributed by atoms with Gasteiger partial charge in [0.1, 0.15) is 0 Å². The summed E-state index contributed by atoms with van der Waals surface area (Å²) in [6.45, 7) is 2.19. The van der Waals surface area contributed by atoms with Crippen LogP contribution in [0.2, 0.25) is 0 Å². The van der Waals surface area contributed by atoms with E-state index in [9.17, 15) is 26.8 Å². The Morgan fingerprint density at radius 3 is 2.59 bits per heavy atom. The van der Waals surface area contributed by atoms with E-state index in [2.05, 4.69) is 10.1 Å². The van der Waals surface area contributed by atoms with E-state index in [1.54, 1.807) is 11.8 Å². The summed E-state index contributed by atoms with van der Waals surface area (Å²) in [5.41, 5.74) is -2.16. The largest absolute Gasteiger partial charge is 0.348 e. The molecule has 0 aliphatic rings. The summed E-state index contributed by atoms with van der Waals surface area (Å²) in [5.74, 6) is 0. The molecule has 2 N–H and O–H groups in total. The molecule has 2 aromatic heterocycles. The number of halogens is 2. The van der Waals surface area contributed by atoms with Crippen LogP contribution in [0.5, 0.6) is 0 Å². The molecule has 0 spiro atoms. The van der Waals surface area contributed by atoms with Crippen molar-refractivity contribution in [2.45, 2.75) is 19.9 Å². The Morgan fingerprint density at radius 2 is 2.00 bits per heavy atom. The molecule has 0 unspecified atom stereocenters. The average Bonchev–Trinajstić information content (AvgIpc) is 3.05. The number of sulfonamides is 1. The van der Waals surface area contributed by atoms with Crippen molar-refractivity contribution < 1.29 is 17.2 Å². The molecule has 144 valence electrons. The smallest absolute Gasteiger partial charge is 0.305 e. The first-order chi connectivity index (χ1) is 12.6. The maximum absolute atomic E-state index is 13.6. The molecule has 9 nitrogen and oxygen atoms in total. The number of benzene rings is 1. The first kappa shape index (κ1) is 18.8. The number of aryl methyl sites for hydroxylation is 1. The van der Waals surface area contributed by atoms with Crippen molar-refractivity contribution in [1.29, 1.82) is 0 Å². The van der Waals surface area contributed by atoms with Gasteiger partial charge in [0, 0.05) is 23.9 Å². The first-order valence-electron chi connectivity index (χ1n) is 7.73. The lowest BCUT2D eigenvalue weighted by Gasteiger charge is -2.13. The Hall–Kier alpha value is -3.02. The van der Waals surface area contributed by atoms with Gasteiger partial charge in [-0.25, -0.2) is 26.8 Å². The van der Waals surface area contributed by atoms with E-state index in [0.717, 1.165) is 12.3 Å². The van der Waals surface area contributed by atoms with Crippen molar-refractivity contribution in [3.05, 3.63) is 50.8 Å². The Balaban J connectivity index is 2.38. The third kappa shape index (κ3) is 3.47. The van der Waals surface area contributed by atoms with Crippen molar-refractivity contribution in [3.63, 3.8) is 0 Å². The minimum Gasteiger partial charge on any atom is -0.305 e. The van der Waals surface area contributed by atoms with E-state index in [1.165, 1.54) is 23.0 Å². The van der Waals surface area contributed by atoms with Crippen LogP contribution in [0, 0.1) is 0 Å². The van der Waals surface area contributed by atoms with Crippen LogP contribution < -0.4 is 16.1 Å². The fraction of sp³-hybridized carbons (Fsp3) is 0.267. The zero-order valence-corrected chi connectivity index (χ0v) is 15.0. The lowest BCUT2D eigenvalue weighted by molar-refractivity contribution is 0.152. The van der Waals surface area contributed by atoms with Gasteiger partial charge in [-0.2, -0.15) is 9.77 Å². The second kappa shape index (κ2) is 6.61. The van der Waals surface area contributed by atoms with Gasteiger partial charge in [-0.1, -0.05) is 0 Å². The highest BCUT2D eigenvalue weighted by Gasteiger charge is 2.21. The quantitative estimate of drug-likeness (QED) is 0.664. The predicted molar refractivity (Wildman–Crippen MR) is 94.9 cm³/mol. The van der Waals surface area contributed by atoms with Crippen molar-refractivity contribution in [2.75, 3.05) is 11.1 Å². The van der Waals surface area contributed by atoms with Crippen LogP contribution in [0.1, 0.15) is 18.9 Å². The molecule has 27 heavy (non-hydrogen) atoms. The summed E-state index contributed by atoms with van der Waals surface area (Å²) >= 11 is 0. The average molecular weight is 399 g/mol. The van der Waals surface area contributed by atoms with E-state index in [1.807, 2.05) is 0 Å². The summed E-state index contributed by atoms with van der Waals surface area (Å²) in [6.07, 6.45) is -0.660. The molecule has 3 aromatic rings. The highest BCUT2D eigenvalue weighted by atomic mass is 32.2. The van der Waals surface area contributed by atoms with E-state index in [-0.39, 0.29) is 26.7 Å². The second-order valence-electron chi connectivity index (χ2n) is 5.75. The molecular weight excluding hydrogens is 384 g/mol. The number of aromatic nitrogens is 4. The number of nitrogens with zero attached hydrogens (tertiary/aromatic N) is 3. The topological polar surface area (TPSA) is 119 Å². The minimum atomic E-state index is -3.92. The van der Waals surface area contributed by atoms with Crippen LogP contribution in [-0.2, 0) is 16.6 Å². The molecule has 1 aromatic carbocycles. The van der Waals surface area contributed by atoms with Gasteiger partial charge in [0.25, 0.3) is 12.0 Å². The highest BCUT2D eigenvalue weighted by Crippen LogP contribution is 2.33. The molecule has 2 heterocycles. The first-order valence-corrected chi connectivity index (χ1v) is 9.62. The monoisotopic (exact) mass is 399 g/mol. The zero-order valence-electron chi connectivity index (χ0n) is 14.2. The van der Waals surface area contributed by atoms with Gasteiger partial charge in [-0.05, 0) is 25.1 Å². The van der Waals surface area contributed by atoms with E-state index in [4.69, 9.17) is 0 Å². The van der Waals surface area contributed by atoms with Crippen LogP contribution in [0.15, 0.2) is 34.0 Å². The Labute approximate surface area is 151 Å². The number of hydrogen-bond donors (Lipinski definition) is 2. The molecule has 3 rings (SSSR count). The Morgan fingerprint density at radius 1 is 1.30 bits per heavy atom. The number of aromatic amines is 1. The lowest BCUT2D eigenvalue weighted by atomic mass is 10.0. The molecule has 0 fully saturated rings. The van der Waals surface area contributed by atoms with Crippen molar-refractivity contribution in [2.24, 2.45) is 0 Å². The molecule has 0 aliphatic heterocycles. The molecule has 0 radical (unpaired) electrons. The Kier molecular flexibility index (Phi) is 4.59. The van der Waals surface area contributed by atoms with Gasteiger partial charge in [0.05, 0.1) is 22.9 Å². The number of fused-ring (bicyclic) bond motifs is 1. The predicted octanol–water partition coefficient (Wildman–Crippen LogP) is 1.01. The summed E-state index contributed by atoms with van der Waals surface area (Å²) in [4.78, 5) is 28.6. The van der Waals surface area contributed by atoms with Crippen LogP contribution in [0.4, 0.5) is 8.78 Å². The highest BCUT2D eigenvalue weighted by molar-refractivity contribution is 7.91. The number of alkyl halides is 2. The SMILES string of the molecule is CCn1nccc1-c1cc2c(=O)n(NS(C)(=O)=O)c(=O)[nH]c2cc1C(F)F. The lowest BCUT2D eigenvalue weighted by Crippen LogP contribution is -2.43. The third-order valence-corrected chi connectivity index (χ3v) is 4.37. The minimum absolute atomic E-state index is 0.0619. The fourth-order valence-electron chi connectivity index (χ4n) is 2.75. The normalized spacial score (nSPS) is 12.0. The molecule has 0 aliphatic carbocycles. The molecule has 0 bridgehead atoms. The van der Waals surface area contributed by atoms with E-state index in [0.29, 0.717) is 12.2 Å². The van der Waals surface area contributed by atoms with Gasteiger partial charge < -0.3 is 4.98 Å². The van der Waals surface area contributed by atoms with Gasteiger partial charge >= 0.3 is 5.69 Å². The van der Waals surface area contributed by atoms with E-state index < -0.39 is 27.7 Å². The molecule has 0 saturated heterocycles. The molecule has 0 saturated carbocycles. The fourth-order valence-corrected chi connectivity index (χ4v) is 3.24. The van der Waals surface area contributed by atoms with Crippen LogP contribution in [0.25, 0.3) is 22.2 Å². The Bertz CT molecular complexity index is 1240. The molecule has 0 atom stereocenters. The maximum atomic E-state index is 13.6. The summed E-state index contributed by atoms with van der Waals surface area (Å²) in [7, 11) is -3.92. The molecular formula is C15H15F2N5O4S. The zero-order chi connectivity index (χ0) is 19.9. The molecule has 0 amide bonds. The summed E-state index contributed by atoms with van der Waals surface area (Å²) in [5, 5.41) is 3.90. The summed E-state index contributed by atoms with van der Waals surface area (Å²) < 4.78 is 51.7. The number of nitrogens with one attached hydrogen (secondary N) is 2. The van der Waals surface area contributed by atoms with Crippen molar-refractivity contribution in [3.8, 4) is 11.3 Å². The van der Waals surface area contributed by atoms with Crippen molar-refractivity contribution in [1.82, 2.24) is 19.4 Å². The number of rotatable bonds is 5. The number of hydrogen-bond acceptors (Lipinski definition) is 5. The molecule has 12 heteroatoms. The van der Waals surface area contributed by atoms with Gasteiger partial charge in [0.15, 0.2) is 0 Å². The van der Waals surface area contributed by atoms with Crippen LogP contribution in [-0.4, -0.2) is 34.1 Å². The summed E-state index contributed by atoms with van der Waals surface area (Å²) in [6, 6.07) is 3.73. The van der Waals surface area contributed by atoms with Crippen LogP contribution >= 0.6 is 0 Å². The standard InChI is InChI=1S/C15H15F2N5O4S/c1-3-21-12(4-5-18-21)8-6-10-11(7-9(8)13(16)17)19-15(24)22(14(10)23)20-27(2,25)26/h4-7,13,20H,3H2,1-2H3,(H,19,24). The van der Waals surface area contributed by atoms with Gasteiger partial charge in [-0.15, -0.1) is 0 Å². The van der Waals surface area contributed by atoms with Crippen molar-refractivity contribution >= 4 is 20.9 Å². The third-order valence-electron chi connectivity index (χ3n) is 3.85. The number of H-pyrrole nitrogens is 1. The van der Waals surface area contributed by atoms with Gasteiger partial charge in [-0.3, -0.25) is 9.48 Å².